The first-order valence-electron chi connectivity index (χ1n) is 3.21. The van der Waals surface area contributed by atoms with E-state index in [0.717, 1.165) is 0 Å². The summed E-state index contributed by atoms with van der Waals surface area (Å²) in [7, 11) is 0. The zero-order chi connectivity index (χ0) is 7.98. The van der Waals surface area contributed by atoms with Gasteiger partial charge in [-0.3, -0.25) is 4.79 Å². The molecule has 3 heteroatoms. The van der Waals surface area contributed by atoms with Gasteiger partial charge in [-0.25, -0.2) is 0 Å². The Morgan fingerprint density at radius 2 is 2.40 bits per heavy atom. The van der Waals surface area contributed by atoms with E-state index < -0.39 is 0 Å². The Bertz CT molecular complexity index is 148. The van der Waals surface area contributed by atoms with Crippen molar-refractivity contribution in [3.8, 4) is 12.3 Å². The molecule has 0 unspecified atom stereocenters. The summed E-state index contributed by atoms with van der Waals surface area (Å²) in [5, 5.41) is 0. The second-order valence-corrected chi connectivity index (χ2v) is 1.82. The highest BCUT2D eigenvalue weighted by Gasteiger charge is 2.05. The van der Waals surface area contributed by atoms with E-state index in [1.807, 2.05) is 12.8 Å². The summed E-state index contributed by atoms with van der Waals surface area (Å²) >= 11 is 0. The molecule has 0 bridgehead atoms. The number of rotatable bonds is 3. The molecular formula is C7H12N2O. The topological polar surface area (TPSA) is 46.3 Å². The molecule has 56 valence electrons. The van der Waals surface area contributed by atoms with Gasteiger partial charge in [0.05, 0.1) is 0 Å². The van der Waals surface area contributed by atoms with E-state index in [-0.39, 0.29) is 5.91 Å². The van der Waals surface area contributed by atoms with Gasteiger partial charge in [0.1, 0.15) is 0 Å². The SMILES string of the molecule is C#CC(=O)N(CC)CCN. The van der Waals surface area contributed by atoms with E-state index in [0.29, 0.717) is 19.6 Å². The molecule has 10 heavy (non-hydrogen) atoms. The maximum atomic E-state index is 10.8. The average Bonchev–Trinajstić information content (AvgIpc) is 1.99. The normalized spacial score (nSPS) is 8.50. The van der Waals surface area contributed by atoms with Gasteiger partial charge in [0.25, 0.3) is 5.91 Å². The van der Waals surface area contributed by atoms with Gasteiger partial charge in [-0.1, -0.05) is 0 Å². The van der Waals surface area contributed by atoms with Crippen LogP contribution >= 0.6 is 0 Å². The minimum Gasteiger partial charge on any atom is -0.331 e. The van der Waals surface area contributed by atoms with Crippen molar-refractivity contribution in [1.29, 1.82) is 0 Å². The van der Waals surface area contributed by atoms with Gasteiger partial charge in [-0.2, -0.15) is 0 Å². The van der Waals surface area contributed by atoms with Gasteiger partial charge >= 0.3 is 0 Å². The lowest BCUT2D eigenvalue weighted by atomic mass is 10.4. The number of nitrogens with zero attached hydrogens (tertiary/aromatic N) is 1. The Balaban J connectivity index is 3.83. The number of carbonyl (C=O) groups excluding carboxylic acids is 1. The van der Waals surface area contributed by atoms with Crippen molar-refractivity contribution in [1.82, 2.24) is 4.90 Å². The van der Waals surface area contributed by atoms with Crippen LogP contribution in [-0.4, -0.2) is 30.4 Å². The van der Waals surface area contributed by atoms with Gasteiger partial charge in [0.2, 0.25) is 0 Å². The summed E-state index contributed by atoms with van der Waals surface area (Å²) in [4.78, 5) is 12.3. The van der Waals surface area contributed by atoms with Crippen LogP contribution < -0.4 is 5.73 Å². The zero-order valence-corrected chi connectivity index (χ0v) is 6.13. The van der Waals surface area contributed by atoms with Crippen LogP contribution in [0, 0.1) is 12.3 Å². The first-order valence-corrected chi connectivity index (χ1v) is 3.21. The molecule has 0 aliphatic heterocycles. The second-order valence-electron chi connectivity index (χ2n) is 1.82. The van der Waals surface area contributed by atoms with Crippen LogP contribution in [0.25, 0.3) is 0 Å². The van der Waals surface area contributed by atoms with Crippen molar-refractivity contribution in [2.45, 2.75) is 6.92 Å². The third kappa shape index (κ3) is 2.51. The molecule has 0 radical (unpaired) electrons. The van der Waals surface area contributed by atoms with E-state index >= 15 is 0 Å². The number of carbonyl (C=O) groups is 1. The Morgan fingerprint density at radius 1 is 1.80 bits per heavy atom. The fraction of sp³-hybridized carbons (Fsp3) is 0.571. The van der Waals surface area contributed by atoms with Crippen LogP contribution in [-0.2, 0) is 4.79 Å². The molecule has 0 aromatic rings. The smallest absolute Gasteiger partial charge is 0.298 e. The number of terminal acetylenes is 1. The fourth-order valence-electron chi connectivity index (χ4n) is 0.650. The van der Waals surface area contributed by atoms with Crippen LogP contribution in [0.5, 0.6) is 0 Å². The van der Waals surface area contributed by atoms with Gasteiger partial charge in [0.15, 0.2) is 0 Å². The van der Waals surface area contributed by atoms with Crippen molar-refractivity contribution in [2.75, 3.05) is 19.6 Å². The zero-order valence-electron chi connectivity index (χ0n) is 6.13. The largest absolute Gasteiger partial charge is 0.331 e. The number of hydrogen-bond donors (Lipinski definition) is 1. The lowest BCUT2D eigenvalue weighted by Crippen LogP contribution is -2.34. The Kier molecular flexibility index (Phi) is 4.34. The number of hydrogen-bond acceptors (Lipinski definition) is 2. The molecule has 0 aromatic heterocycles. The average molecular weight is 140 g/mol. The molecule has 0 fully saturated rings. The quantitative estimate of drug-likeness (QED) is 0.533. The summed E-state index contributed by atoms with van der Waals surface area (Å²) < 4.78 is 0. The van der Waals surface area contributed by atoms with E-state index in [9.17, 15) is 4.79 Å². The van der Waals surface area contributed by atoms with E-state index in [1.54, 1.807) is 0 Å². The van der Waals surface area contributed by atoms with Crippen LogP contribution in [0.4, 0.5) is 0 Å². The van der Waals surface area contributed by atoms with Gasteiger partial charge < -0.3 is 10.6 Å². The third-order valence-electron chi connectivity index (χ3n) is 1.19. The van der Waals surface area contributed by atoms with Crippen molar-refractivity contribution in [2.24, 2.45) is 5.73 Å². The summed E-state index contributed by atoms with van der Waals surface area (Å²) in [5.74, 6) is 1.75. The van der Waals surface area contributed by atoms with Gasteiger partial charge in [-0.05, 0) is 12.8 Å². The van der Waals surface area contributed by atoms with Gasteiger partial charge in [-0.15, -0.1) is 6.42 Å². The molecule has 0 atom stereocenters. The molecule has 1 amide bonds. The predicted octanol–water partition coefficient (Wildman–Crippen LogP) is -0.573. The molecule has 0 saturated heterocycles. The van der Waals surface area contributed by atoms with Crippen molar-refractivity contribution in [3.05, 3.63) is 0 Å². The monoisotopic (exact) mass is 140 g/mol. The minimum atomic E-state index is -0.284. The Hall–Kier alpha value is -1.01. The Labute approximate surface area is 61.2 Å². The van der Waals surface area contributed by atoms with Crippen molar-refractivity contribution >= 4 is 5.91 Å². The molecule has 0 heterocycles. The summed E-state index contributed by atoms with van der Waals surface area (Å²) in [6, 6.07) is 0. The van der Waals surface area contributed by atoms with Crippen LogP contribution in [0.3, 0.4) is 0 Å². The third-order valence-corrected chi connectivity index (χ3v) is 1.19. The second kappa shape index (κ2) is 4.83. The summed E-state index contributed by atoms with van der Waals surface area (Å²) in [5.41, 5.74) is 5.24. The molecule has 0 aliphatic rings. The van der Waals surface area contributed by atoms with Crippen molar-refractivity contribution < 1.29 is 4.79 Å². The molecule has 0 spiro atoms. The predicted molar refractivity (Wildman–Crippen MR) is 40.1 cm³/mol. The van der Waals surface area contributed by atoms with Gasteiger partial charge in [0, 0.05) is 19.6 Å². The molecule has 0 saturated carbocycles. The summed E-state index contributed by atoms with van der Waals surface area (Å²) in [6.07, 6.45) is 4.90. The van der Waals surface area contributed by atoms with Crippen molar-refractivity contribution in [3.63, 3.8) is 0 Å². The number of nitrogens with two attached hydrogens (primary N) is 1. The lowest BCUT2D eigenvalue weighted by Gasteiger charge is -2.15. The number of likely N-dealkylation sites (N-methyl/N-ethyl adjacent to an activating group) is 1. The standard InChI is InChI=1S/C7H12N2O/c1-3-7(10)9(4-2)6-5-8/h1H,4-6,8H2,2H3. The van der Waals surface area contributed by atoms with Crippen LogP contribution in [0.1, 0.15) is 6.92 Å². The Morgan fingerprint density at radius 3 is 2.70 bits per heavy atom. The van der Waals surface area contributed by atoms with Crippen LogP contribution in [0.15, 0.2) is 0 Å². The molecule has 0 aromatic carbocycles. The maximum absolute atomic E-state index is 10.8. The maximum Gasteiger partial charge on any atom is 0.298 e. The minimum absolute atomic E-state index is 0.284. The molecule has 0 rings (SSSR count). The first-order chi connectivity index (χ1) is 4.76. The lowest BCUT2D eigenvalue weighted by molar-refractivity contribution is -0.124. The number of amides is 1. The molecule has 3 nitrogen and oxygen atoms in total. The molecule has 2 N–H and O–H groups in total. The van der Waals surface area contributed by atoms with E-state index in [1.165, 1.54) is 4.90 Å². The summed E-state index contributed by atoms with van der Waals surface area (Å²) in [6.45, 7) is 3.49. The van der Waals surface area contributed by atoms with E-state index in [4.69, 9.17) is 12.2 Å². The van der Waals surface area contributed by atoms with E-state index in [2.05, 4.69) is 0 Å². The molecular weight excluding hydrogens is 128 g/mol. The fourth-order valence-corrected chi connectivity index (χ4v) is 0.650. The highest BCUT2D eigenvalue weighted by Crippen LogP contribution is 1.85. The molecule has 0 aliphatic carbocycles. The highest BCUT2D eigenvalue weighted by molar-refractivity contribution is 5.92. The highest BCUT2D eigenvalue weighted by atomic mass is 16.2. The van der Waals surface area contributed by atoms with Crippen LogP contribution in [0.2, 0.25) is 0 Å². The first kappa shape index (κ1) is 8.99.